The summed E-state index contributed by atoms with van der Waals surface area (Å²) in [4.78, 5) is 19.9. The number of thioether (sulfide) groups is 2. The zero-order valence-electron chi connectivity index (χ0n) is 78.2. The van der Waals surface area contributed by atoms with Gasteiger partial charge in [-0.25, -0.2) is 9.67 Å². The van der Waals surface area contributed by atoms with Gasteiger partial charge in [-0.15, -0.1) is 34.4 Å². The van der Waals surface area contributed by atoms with E-state index in [4.69, 9.17) is 23.4 Å². The second-order valence-corrected chi connectivity index (χ2v) is 37.6. The number of nitrogens with zero attached hydrogens (tertiary/aromatic N) is 14. The molecule has 0 saturated carbocycles. The summed E-state index contributed by atoms with van der Waals surface area (Å²) in [5.41, 5.74) is 36.2. The van der Waals surface area contributed by atoms with Crippen LogP contribution >= 0.6 is 34.9 Å². The maximum atomic E-state index is 6.39. The third kappa shape index (κ3) is 20.8. The van der Waals surface area contributed by atoms with Crippen LogP contribution in [0.4, 0.5) is 10.7 Å². The number of anilines is 2. The molecule has 0 saturated heterocycles. The van der Waals surface area contributed by atoms with E-state index in [1.807, 2.05) is 148 Å². The van der Waals surface area contributed by atoms with Gasteiger partial charge in [-0.1, -0.05) is 119 Å². The molecule has 0 spiro atoms. The Balaban J connectivity index is 0.000000142. The molecule has 10 aromatic carbocycles. The van der Waals surface area contributed by atoms with E-state index in [1.54, 1.807) is 28.5 Å². The van der Waals surface area contributed by atoms with Crippen LogP contribution in [0.15, 0.2) is 232 Å². The monoisotopic (exact) mass is 2730 g/mol. The van der Waals surface area contributed by atoms with Gasteiger partial charge in [0.25, 0.3) is 0 Å². The van der Waals surface area contributed by atoms with Crippen LogP contribution < -0.4 is 14.4 Å². The van der Waals surface area contributed by atoms with Gasteiger partial charge in [0.1, 0.15) is 17.6 Å². The summed E-state index contributed by atoms with van der Waals surface area (Å²) in [7, 11) is 0. The van der Waals surface area contributed by atoms with Gasteiger partial charge in [0.2, 0.25) is 0 Å². The van der Waals surface area contributed by atoms with Gasteiger partial charge >= 0.3 is 0 Å². The SMILES string of the molecule is Cc1cc(C)c(-c2c(C)cnn2-c2[c-]ccc3c2OC(C)N3c2ccc(C)s2)c(C)c1.Cc1cc(C)c(-c2ccnn2-c2[c-]ccc3c2OCCC3)c(C)c1.Cc1cc(C)c(-c2ccnn2-c2[c-]ccc3c2SCCS3)c(C)c1.Cc1cc(C)c(-c2ncnn2-c2[c-]ccc3oc(C(C)C)nc23)c(C)c1.Cc1cnn(-c2[c-]ccc3cccnc23)c1-c1cc2ccccc2o1.[Ir].[Ir].[Ir].[Ir].[Ir]. The van der Waals surface area contributed by atoms with E-state index in [0.29, 0.717) is 5.89 Å². The summed E-state index contributed by atoms with van der Waals surface area (Å²) in [6, 6.07) is 76.9. The van der Waals surface area contributed by atoms with Gasteiger partial charge < -0.3 is 28.2 Å². The first kappa shape index (κ1) is 102. The van der Waals surface area contributed by atoms with E-state index in [0.717, 1.165) is 155 Å². The predicted octanol–water partition coefficient (Wildman–Crippen LogP) is 26.7. The van der Waals surface area contributed by atoms with Crippen LogP contribution in [0.5, 0.6) is 11.5 Å². The summed E-state index contributed by atoms with van der Waals surface area (Å²) >= 11 is 5.62. The summed E-state index contributed by atoms with van der Waals surface area (Å²) in [6.45, 7) is 39.0. The number of pyridine rings is 1. The molecule has 135 heavy (non-hydrogen) atoms. The number of hydrogen-bond donors (Lipinski definition) is 0. The van der Waals surface area contributed by atoms with Crippen molar-refractivity contribution in [3.05, 3.63) is 338 Å². The molecular formula is C109H101Ir5N14O4S3-5. The van der Waals surface area contributed by atoms with Gasteiger partial charge in [-0.05, 0) is 267 Å². The number of rotatable bonds is 12. The topological polar surface area (TPSA) is 176 Å². The van der Waals surface area contributed by atoms with Crippen molar-refractivity contribution in [1.82, 2.24) is 63.9 Å². The van der Waals surface area contributed by atoms with Crippen LogP contribution in [0.3, 0.4) is 0 Å². The summed E-state index contributed by atoms with van der Waals surface area (Å²) in [5.74, 6) is 6.57. The largest absolute Gasteiger partial charge is 0.549 e. The van der Waals surface area contributed by atoms with Crippen molar-refractivity contribution in [2.24, 2.45) is 0 Å². The average molecular weight is 2730 g/mol. The van der Waals surface area contributed by atoms with Gasteiger partial charge in [0.15, 0.2) is 23.7 Å². The Hall–Kier alpha value is -10.4. The normalized spacial score (nSPS) is 12.7. The molecule has 22 rings (SSSR count). The van der Waals surface area contributed by atoms with E-state index in [9.17, 15) is 0 Å². The van der Waals surface area contributed by atoms with Gasteiger partial charge in [-0.2, -0.15) is 128 Å². The molecule has 699 valence electrons. The van der Waals surface area contributed by atoms with E-state index in [-0.39, 0.29) is 113 Å². The third-order valence-corrected chi connectivity index (χ3v) is 27.2. The third-order valence-electron chi connectivity index (χ3n) is 23.6. The van der Waals surface area contributed by atoms with Crippen molar-refractivity contribution in [2.45, 2.75) is 159 Å². The van der Waals surface area contributed by atoms with Crippen molar-refractivity contribution in [3.63, 3.8) is 0 Å². The smallest absolute Gasteiger partial charge is 0.182 e. The molecule has 0 amide bonds. The minimum absolute atomic E-state index is 0. The van der Waals surface area contributed by atoms with Gasteiger partial charge in [0.05, 0.1) is 46.8 Å². The minimum Gasteiger partial charge on any atom is -0.549 e. The number of ether oxygens (including phenoxy) is 2. The summed E-state index contributed by atoms with van der Waals surface area (Å²) < 4.78 is 34.0. The van der Waals surface area contributed by atoms with E-state index in [1.165, 1.54) is 114 Å². The zero-order chi connectivity index (χ0) is 90.4. The Morgan fingerprint density at radius 2 is 0.963 bits per heavy atom. The van der Waals surface area contributed by atoms with Crippen LogP contribution in [-0.4, -0.2) is 88.2 Å². The second-order valence-electron chi connectivity index (χ2n) is 34.0. The van der Waals surface area contributed by atoms with Gasteiger partial charge in [-0.3, -0.25) is 23.7 Å². The second kappa shape index (κ2) is 44.0. The Labute approximate surface area is 869 Å². The first-order chi connectivity index (χ1) is 62.9. The Bertz CT molecular complexity index is 7220. The number of para-hydroxylation sites is 1. The standard InChI is InChI=1S/C26H26N3OS.C21H21N4O.C21H14N3O.C21H21N2O.C20H19N2S2.5Ir/c1-15-12-16(2)24(17(3)13-15)25-18(4)14-27-29(25)22-9-7-8-21-26(22)30-20(6)28(21)23-11-10-19(5)31-23;1-12(2)21-24-19-16(7-6-8-17(19)26-21)25-20(22-11-23-25)18-14(4)9-13(3)10-15(18)5;1-14-13-23-24(17-9-4-7-15-8-5-11-22-20(15)17)21(14)19-12-16-6-2-3-10-18(16)25-19;1-14-12-15(2)20(16(3)13-14)18-9-10-22-23(18)19-8-4-6-17-7-5-11-24-21(17)19;1-13-11-14(2)19(15(3)12-13)16-7-8-21-22(16)17-5-4-6-18-20(17)24-10-9-23-18;;;;;/h7-8,10-14,20H,1-6H3;6,8-12H,1-5H3;2-8,10-13H,1H3;4,6,9-10,12-13H,5,7,11H2,1-3H3;4,6-8,11-12H,9-10H2,1-3H3;;;;;/q5*-1;;;;;. The van der Waals surface area contributed by atoms with E-state index in [2.05, 4.69) is 290 Å². The number of thiophene rings is 1. The molecular weight excluding hydrogens is 2630 g/mol. The Morgan fingerprint density at radius 1 is 0.430 bits per heavy atom. The minimum atomic E-state index is -0.0921. The Kier molecular flexibility index (Phi) is 33.2. The molecule has 0 aliphatic carbocycles. The first-order valence-electron chi connectivity index (χ1n) is 43.9. The molecule has 0 N–H and O–H groups in total. The molecule has 26 heteroatoms. The molecule has 3 aliphatic heterocycles. The van der Waals surface area contributed by atoms with Gasteiger partial charge in [0, 0.05) is 180 Å². The number of aromatic nitrogens is 13. The number of oxazole rings is 1. The van der Waals surface area contributed by atoms with Crippen molar-refractivity contribution in [3.8, 4) is 96.6 Å². The molecule has 19 aromatic rings. The fraction of sp³-hybridized carbons (Fsp3) is 0.229. The number of fused-ring (bicyclic) bond motifs is 6. The van der Waals surface area contributed by atoms with Crippen LogP contribution in [0.25, 0.3) is 118 Å². The molecule has 3 aliphatic rings. The van der Waals surface area contributed by atoms with Crippen LogP contribution in [0.2, 0.25) is 0 Å². The van der Waals surface area contributed by atoms with Crippen molar-refractivity contribution >= 4 is 78.5 Å². The summed E-state index contributed by atoms with van der Waals surface area (Å²) in [5, 5.41) is 26.3. The number of benzene rings is 10. The first-order valence-corrected chi connectivity index (χ1v) is 46.7. The molecule has 12 heterocycles. The maximum absolute atomic E-state index is 6.39. The summed E-state index contributed by atoms with van der Waals surface area (Å²) in [6.07, 6.45) is 12.9. The quantitative estimate of drug-likeness (QED) is 0.106. The molecule has 0 fully saturated rings. The van der Waals surface area contributed by atoms with E-state index < -0.39 is 0 Å². The number of furan rings is 1. The fourth-order valence-corrected chi connectivity index (χ4v) is 21.7. The predicted molar refractivity (Wildman–Crippen MR) is 527 cm³/mol. The zero-order valence-corrected chi connectivity index (χ0v) is 92.6. The molecule has 1 unspecified atom stereocenters. The average Bonchev–Trinajstić information content (AvgIpc) is 1.62. The number of aryl methyl sites for hydroxylation is 16. The fourth-order valence-electron chi connectivity index (χ4n) is 18.4. The number of hydrogen-bond acceptors (Lipinski definition) is 16. The molecule has 9 aromatic heterocycles. The van der Waals surface area contributed by atoms with Crippen LogP contribution in [0, 0.1) is 134 Å². The molecule has 1 atom stereocenters. The van der Waals surface area contributed by atoms with Crippen molar-refractivity contribution < 1.29 is 119 Å². The van der Waals surface area contributed by atoms with Crippen LogP contribution in [0.1, 0.15) is 127 Å². The molecule has 18 nitrogen and oxygen atoms in total. The molecule has 0 bridgehead atoms. The van der Waals surface area contributed by atoms with Crippen LogP contribution in [-0.2, 0) is 107 Å². The van der Waals surface area contributed by atoms with Crippen molar-refractivity contribution in [1.29, 1.82) is 0 Å². The van der Waals surface area contributed by atoms with Crippen molar-refractivity contribution in [2.75, 3.05) is 23.0 Å². The Morgan fingerprint density at radius 3 is 1.59 bits per heavy atom. The molecule has 5 radical (unpaired) electrons. The van der Waals surface area contributed by atoms with E-state index >= 15 is 0 Å². The maximum Gasteiger partial charge on any atom is 0.182 e.